The molecule has 0 radical (unpaired) electrons. The molecule has 0 bridgehead atoms. The molecular formula is C14H10ClF2N3O. The van der Waals surface area contributed by atoms with Crippen molar-refractivity contribution in [2.24, 2.45) is 0 Å². The number of pyridine rings is 1. The normalized spacial score (nSPS) is 11.2. The van der Waals surface area contributed by atoms with Gasteiger partial charge in [-0.3, -0.25) is 9.55 Å². The van der Waals surface area contributed by atoms with E-state index in [1.807, 2.05) is 0 Å². The van der Waals surface area contributed by atoms with Gasteiger partial charge >= 0.3 is 6.61 Å². The average molecular weight is 310 g/mol. The fourth-order valence-electron chi connectivity index (χ4n) is 2.18. The largest absolute Gasteiger partial charge is 0.433 e. The monoisotopic (exact) mass is 309 g/mol. The van der Waals surface area contributed by atoms with Crippen LogP contribution in [0.15, 0.2) is 42.7 Å². The number of fused-ring (bicyclic) bond motifs is 1. The zero-order valence-electron chi connectivity index (χ0n) is 10.7. The summed E-state index contributed by atoms with van der Waals surface area (Å²) in [6, 6.07) is 8.26. The molecule has 0 aliphatic carbocycles. The Kier molecular flexibility index (Phi) is 3.70. The maximum atomic E-state index is 12.6. The van der Waals surface area contributed by atoms with E-state index in [0.717, 1.165) is 5.52 Å². The van der Waals surface area contributed by atoms with Crippen molar-refractivity contribution >= 4 is 22.6 Å². The molecule has 0 fully saturated rings. The number of alkyl halides is 3. The van der Waals surface area contributed by atoms with E-state index in [1.54, 1.807) is 41.2 Å². The van der Waals surface area contributed by atoms with Crippen LogP contribution in [-0.2, 0) is 5.88 Å². The molecule has 0 amide bonds. The molecule has 1 aromatic carbocycles. The maximum absolute atomic E-state index is 12.6. The van der Waals surface area contributed by atoms with Crippen molar-refractivity contribution in [1.82, 2.24) is 14.5 Å². The Morgan fingerprint density at radius 3 is 2.81 bits per heavy atom. The zero-order valence-corrected chi connectivity index (χ0v) is 11.5. The molecule has 0 N–H and O–H groups in total. The highest BCUT2D eigenvalue weighted by molar-refractivity contribution is 6.17. The molecule has 0 aliphatic rings. The van der Waals surface area contributed by atoms with Gasteiger partial charge in [0.15, 0.2) is 0 Å². The van der Waals surface area contributed by atoms with Gasteiger partial charge in [0.2, 0.25) is 0 Å². The third-order valence-electron chi connectivity index (χ3n) is 2.97. The molecule has 2 aromatic heterocycles. The highest BCUT2D eigenvalue weighted by atomic mass is 35.5. The van der Waals surface area contributed by atoms with Gasteiger partial charge in [-0.1, -0.05) is 12.1 Å². The number of para-hydroxylation sites is 2. The van der Waals surface area contributed by atoms with Crippen LogP contribution in [0.1, 0.15) is 5.82 Å². The summed E-state index contributed by atoms with van der Waals surface area (Å²) < 4.78 is 31.4. The number of aromatic nitrogens is 3. The Labute approximate surface area is 124 Å². The number of halogens is 3. The van der Waals surface area contributed by atoms with E-state index >= 15 is 0 Å². The summed E-state index contributed by atoms with van der Waals surface area (Å²) in [7, 11) is 0. The summed E-state index contributed by atoms with van der Waals surface area (Å²) in [6.07, 6.45) is 3.20. The first kappa shape index (κ1) is 13.8. The fourth-order valence-corrected chi connectivity index (χ4v) is 2.36. The average Bonchev–Trinajstić information content (AvgIpc) is 2.85. The molecule has 21 heavy (non-hydrogen) atoms. The third kappa shape index (κ3) is 2.54. The highest BCUT2D eigenvalue weighted by Crippen LogP contribution is 2.29. The molecule has 7 heteroatoms. The minimum atomic E-state index is -2.90. The molecule has 2 heterocycles. The quantitative estimate of drug-likeness (QED) is 0.689. The number of benzene rings is 1. The van der Waals surface area contributed by atoms with Crippen LogP contribution in [0.5, 0.6) is 5.75 Å². The second kappa shape index (κ2) is 5.65. The Hall–Kier alpha value is -2.21. The van der Waals surface area contributed by atoms with Gasteiger partial charge in [0.05, 0.1) is 23.3 Å². The lowest BCUT2D eigenvalue weighted by atomic mass is 10.2. The van der Waals surface area contributed by atoms with Gasteiger partial charge in [0, 0.05) is 6.20 Å². The van der Waals surface area contributed by atoms with E-state index in [0.29, 0.717) is 17.0 Å². The van der Waals surface area contributed by atoms with Crippen LogP contribution in [0.2, 0.25) is 0 Å². The van der Waals surface area contributed by atoms with Crippen molar-refractivity contribution in [1.29, 1.82) is 0 Å². The lowest BCUT2D eigenvalue weighted by Gasteiger charge is -2.13. The predicted octanol–water partition coefficient (Wildman–Crippen LogP) is 3.76. The Balaban J connectivity index is 2.25. The Morgan fingerprint density at radius 1 is 1.24 bits per heavy atom. The van der Waals surface area contributed by atoms with Crippen LogP contribution >= 0.6 is 11.6 Å². The second-order valence-corrected chi connectivity index (χ2v) is 4.47. The number of rotatable bonds is 4. The lowest BCUT2D eigenvalue weighted by molar-refractivity contribution is -0.0498. The van der Waals surface area contributed by atoms with Gasteiger partial charge < -0.3 is 4.74 Å². The summed E-state index contributed by atoms with van der Waals surface area (Å²) in [6.45, 7) is -2.90. The van der Waals surface area contributed by atoms with Crippen LogP contribution < -0.4 is 4.74 Å². The summed E-state index contributed by atoms with van der Waals surface area (Å²) in [5, 5.41) is 0. The topological polar surface area (TPSA) is 39.9 Å². The van der Waals surface area contributed by atoms with Gasteiger partial charge in [-0.05, 0) is 18.2 Å². The third-order valence-corrected chi connectivity index (χ3v) is 3.21. The van der Waals surface area contributed by atoms with Crippen molar-refractivity contribution in [2.45, 2.75) is 12.5 Å². The van der Waals surface area contributed by atoms with Crippen molar-refractivity contribution < 1.29 is 13.5 Å². The minimum Gasteiger partial charge on any atom is -0.433 e. The maximum Gasteiger partial charge on any atom is 0.387 e. The van der Waals surface area contributed by atoms with E-state index in [-0.39, 0.29) is 11.6 Å². The SMILES string of the molecule is FC(F)Oc1ccccc1-n1c(CCl)nc2cnccc21. The molecular weight excluding hydrogens is 300 g/mol. The van der Waals surface area contributed by atoms with Gasteiger partial charge in [-0.2, -0.15) is 8.78 Å². The molecule has 4 nitrogen and oxygen atoms in total. The van der Waals surface area contributed by atoms with Crippen LogP contribution in [0, 0.1) is 0 Å². The molecule has 0 atom stereocenters. The van der Waals surface area contributed by atoms with E-state index < -0.39 is 6.61 Å². The number of ether oxygens (including phenoxy) is 1. The molecule has 0 unspecified atom stereocenters. The van der Waals surface area contributed by atoms with Crippen LogP contribution in [0.25, 0.3) is 16.7 Å². The zero-order chi connectivity index (χ0) is 14.8. The van der Waals surface area contributed by atoms with Gasteiger partial charge in [-0.25, -0.2) is 4.98 Å². The number of hydrogen-bond donors (Lipinski definition) is 0. The smallest absolute Gasteiger partial charge is 0.387 e. The van der Waals surface area contributed by atoms with Gasteiger partial charge in [0.25, 0.3) is 0 Å². The van der Waals surface area contributed by atoms with Gasteiger partial charge in [0.1, 0.15) is 17.1 Å². The van der Waals surface area contributed by atoms with E-state index in [9.17, 15) is 8.78 Å². The highest BCUT2D eigenvalue weighted by Gasteiger charge is 2.16. The van der Waals surface area contributed by atoms with Crippen LogP contribution in [0.4, 0.5) is 8.78 Å². The molecule has 0 saturated carbocycles. The first-order chi connectivity index (χ1) is 10.2. The molecule has 108 valence electrons. The van der Waals surface area contributed by atoms with Gasteiger partial charge in [-0.15, -0.1) is 11.6 Å². The molecule has 3 aromatic rings. The molecule has 3 rings (SSSR count). The lowest BCUT2D eigenvalue weighted by Crippen LogP contribution is -2.07. The first-order valence-electron chi connectivity index (χ1n) is 6.12. The fraction of sp³-hybridized carbons (Fsp3) is 0.143. The summed E-state index contributed by atoms with van der Waals surface area (Å²) in [5.74, 6) is 0.734. The van der Waals surface area contributed by atoms with E-state index in [1.165, 1.54) is 6.07 Å². The Bertz CT molecular complexity index is 776. The molecule has 0 spiro atoms. The summed E-state index contributed by atoms with van der Waals surface area (Å²) >= 11 is 5.92. The summed E-state index contributed by atoms with van der Waals surface area (Å²) in [4.78, 5) is 8.35. The van der Waals surface area contributed by atoms with Crippen molar-refractivity contribution in [2.75, 3.05) is 0 Å². The molecule has 0 saturated heterocycles. The van der Waals surface area contributed by atoms with Crippen molar-refractivity contribution in [3.8, 4) is 11.4 Å². The predicted molar refractivity (Wildman–Crippen MR) is 75.1 cm³/mol. The van der Waals surface area contributed by atoms with E-state index in [2.05, 4.69) is 14.7 Å². The number of imidazole rings is 1. The van der Waals surface area contributed by atoms with E-state index in [4.69, 9.17) is 11.6 Å². The number of hydrogen-bond acceptors (Lipinski definition) is 3. The minimum absolute atomic E-state index is 0.0648. The van der Waals surface area contributed by atoms with Crippen molar-refractivity contribution in [3.05, 3.63) is 48.5 Å². The standard InChI is InChI=1S/C14H10ClF2N3O/c15-7-13-19-9-8-18-6-5-10(9)20(13)11-3-1-2-4-12(11)21-14(16)17/h1-6,8,14H,7H2. The summed E-state index contributed by atoms with van der Waals surface area (Å²) in [5.41, 5.74) is 1.83. The van der Waals surface area contributed by atoms with Crippen LogP contribution in [-0.4, -0.2) is 21.1 Å². The molecule has 0 aliphatic heterocycles. The Morgan fingerprint density at radius 2 is 2.05 bits per heavy atom. The second-order valence-electron chi connectivity index (χ2n) is 4.21. The van der Waals surface area contributed by atoms with Crippen molar-refractivity contribution in [3.63, 3.8) is 0 Å². The first-order valence-corrected chi connectivity index (χ1v) is 6.65. The number of nitrogens with zero attached hydrogens (tertiary/aromatic N) is 3. The van der Waals surface area contributed by atoms with Crippen LogP contribution in [0.3, 0.4) is 0 Å².